The van der Waals surface area contributed by atoms with Crippen LogP contribution in [-0.4, -0.2) is 5.84 Å². The summed E-state index contributed by atoms with van der Waals surface area (Å²) in [6, 6.07) is 8.12. The molecule has 2 atom stereocenters. The van der Waals surface area contributed by atoms with Gasteiger partial charge in [-0.3, -0.25) is 0 Å². The van der Waals surface area contributed by atoms with Gasteiger partial charge in [-0.15, -0.1) is 11.3 Å². The molecular weight excluding hydrogens is 262 g/mol. The first kappa shape index (κ1) is 10.2. The van der Waals surface area contributed by atoms with Crippen LogP contribution in [-0.2, 0) is 33.5 Å². The van der Waals surface area contributed by atoms with E-state index < -0.39 is 22.1 Å². The molecule has 0 spiro atoms. The molecule has 1 aromatic carbocycles. The first-order valence-electron chi connectivity index (χ1n) is 4.48. The SMILES string of the molecule is Cc1ccc(C2=NS3=NS(=N2)N=S=N3)cc1. The summed E-state index contributed by atoms with van der Waals surface area (Å²) < 4.78 is 21.2. The van der Waals surface area contributed by atoms with Crippen LogP contribution < -0.4 is 0 Å². The molecule has 2 unspecified atom stereocenters. The predicted octanol–water partition coefficient (Wildman–Crippen LogP) is 2.48. The molecule has 0 saturated heterocycles. The summed E-state index contributed by atoms with van der Waals surface area (Å²) in [5, 5.41) is 0. The Balaban J connectivity index is 2.06. The number of aryl methyl sites for hydroxylation is 1. The summed E-state index contributed by atoms with van der Waals surface area (Å²) in [5.41, 5.74) is 2.23. The van der Waals surface area contributed by atoms with Gasteiger partial charge in [-0.2, -0.15) is 8.76 Å². The molecule has 0 radical (unpaired) electrons. The number of hydrogen-bond donors (Lipinski definition) is 0. The number of rotatable bonds is 1. The minimum atomic E-state index is -0.605. The van der Waals surface area contributed by atoms with E-state index in [1.165, 1.54) is 16.9 Å². The molecule has 0 saturated carbocycles. The number of nitrogens with zero attached hydrogens (tertiary/aromatic N) is 5. The van der Waals surface area contributed by atoms with Gasteiger partial charge in [-0.25, -0.2) is 0 Å². The van der Waals surface area contributed by atoms with Crippen LogP contribution in [0.4, 0.5) is 0 Å². The van der Waals surface area contributed by atoms with Gasteiger partial charge in [0.05, 0.1) is 11.4 Å². The van der Waals surface area contributed by atoms with Gasteiger partial charge >= 0.3 is 0 Å². The molecular formula is C8H7N5S3. The van der Waals surface area contributed by atoms with Gasteiger partial charge in [0.1, 0.15) is 0 Å². The van der Waals surface area contributed by atoms with Crippen molar-refractivity contribution in [2.75, 3.05) is 0 Å². The van der Waals surface area contributed by atoms with Crippen molar-refractivity contribution in [3.63, 3.8) is 0 Å². The fourth-order valence-corrected chi connectivity index (χ4v) is 4.41. The Kier molecular flexibility index (Phi) is 2.62. The number of fused-ring (bicyclic) bond motifs is 1. The third kappa shape index (κ3) is 1.95. The number of amidine groups is 1. The molecule has 8 heteroatoms. The zero-order valence-corrected chi connectivity index (χ0v) is 10.7. The second-order valence-corrected chi connectivity index (χ2v) is 6.46. The molecule has 16 heavy (non-hydrogen) atoms. The molecule has 5 nitrogen and oxygen atoms in total. The van der Waals surface area contributed by atoms with E-state index in [1.807, 2.05) is 24.3 Å². The maximum Gasteiger partial charge on any atom is 0.180 e. The lowest BCUT2D eigenvalue weighted by molar-refractivity contribution is 1.45. The standard InChI is InChI=1S/C8H7N5S3/c1-6-2-4-7(5-3-6)8-9-15-11-14-12-16(10-8)13-15/h2-5H,1H3. The summed E-state index contributed by atoms with van der Waals surface area (Å²) in [7, 11) is 0. The quantitative estimate of drug-likeness (QED) is 0.752. The van der Waals surface area contributed by atoms with E-state index in [1.54, 1.807) is 0 Å². The largest absolute Gasteiger partial charge is 0.180 e. The Hall–Kier alpha value is -0.990. The van der Waals surface area contributed by atoms with E-state index in [0.29, 0.717) is 0 Å². The number of benzene rings is 1. The Morgan fingerprint density at radius 2 is 1.81 bits per heavy atom. The molecule has 3 rings (SSSR count). The smallest absolute Gasteiger partial charge is 0.162 e. The number of hydrogen-bond acceptors (Lipinski definition) is 5. The van der Waals surface area contributed by atoms with E-state index in [2.05, 4.69) is 27.0 Å². The monoisotopic (exact) mass is 269 g/mol. The molecule has 2 heterocycles. The van der Waals surface area contributed by atoms with Crippen molar-refractivity contribution < 1.29 is 0 Å². The topological polar surface area (TPSA) is 61.8 Å². The molecule has 0 aromatic heterocycles. The predicted molar refractivity (Wildman–Crippen MR) is 69.5 cm³/mol. The molecule has 0 fully saturated rings. The molecule has 2 bridgehead atoms. The zero-order valence-electron chi connectivity index (χ0n) is 8.27. The third-order valence-corrected chi connectivity index (χ3v) is 5.32. The van der Waals surface area contributed by atoms with Gasteiger partial charge in [0.2, 0.25) is 0 Å². The summed E-state index contributed by atoms with van der Waals surface area (Å²) >= 11 is -0.0434. The summed E-state index contributed by atoms with van der Waals surface area (Å²) in [6.45, 7) is 2.05. The lowest BCUT2D eigenvalue weighted by Crippen LogP contribution is -2.05. The van der Waals surface area contributed by atoms with E-state index in [0.717, 1.165) is 11.4 Å². The molecule has 2 aliphatic rings. The summed E-state index contributed by atoms with van der Waals surface area (Å²) in [6.07, 6.45) is 0. The van der Waals surface area contributed by atoms with Crippen molar-refractivity contribution in [2.45, 2.75) is 6.92 Å². The van der Waals surface area contributed by atoms with Gasteiger partial charge in [0, 0.05) is 5.56 Å². The summed E-state index contributed by atoms with van der Waals surface area (Å²) in [4.78, 5) is 0. The second-order valence-electron chi connectivity index (χ2n) is 3.17. The van der Waals surface area contributed by atoms with Crippen LogP contribution in [0.25, 0.3) is 0 Å². The minimum absolute atomic E-state index is 0.605. The molecule has 1 aromatic rings. The van der Waals surface area contributed by atoms with Crippen molar-refractivity contribution in [3.05, 3.63) is 35.4 Å². The Morgan fingerprint density at radius 1 is 1.06 bits per heavy atom. The normalized spacial score (nSPS) is 26.2. The Bertz CT molecular complexity index is 607. The Morgan fingerprint density at radius 3 is 2.56 bits per heavy atom. The molecule has 0 aliphatic carbocycles. The van der Waals surface area contributed by atoms with Crippen LogP contribution in [0, 0.1) is 6.92 Å². The Labute approximate surface area is 102 Å². The van der Waals surface area contributed by atoms with Crippen molar-refractivity contribution in [1.82, 2.24) is 0 Å². The van der Waals surface area contributed by atoms with E-state index in [4.69, 9.17) is 0 Å². The molecule has 82 valence electrons. The van der Waals surface area contributed by atoms with E-state index in [-0.39, 0.29) is 0 Å². The van der Waals surface area contributed by atoms with Crippen LogP contribution in [0.1, 0.15) is 11.1 Å². The van der Waals surface area contributed by atoms with Crippen molar-refractivity contribution in [1.29, 1.82) is 0 Å². The highest BCUT2D eigenvalue weighted by atomic mass is 32.3. The van der Waals surface area contributed by atoms with Gasteiger partial charge in [0.15, 0.2) is 28.0 Å². The minimum Gasteiger partial charge on any atom is -0.162 e. The van der Waals surface area contributed by atoms with Crippen molar-refractivity contribution in [3.8, 4) is 0 Å². The average molecular weight is 269 g/mol. The average Bonchev–Trinajstić information content (AvgIpc) is 2.29. The second kappa shape index (κ2) is 4.11. The molecule has 2 aliphatic heterocycles. The maximum absolute atomic E-state index is 4.37. The van der Waals surface area contributed by atoms with Crippen LogP contribution in [0.3, 0.4) is 0 Å². The van der Waals surface area contributed by atoms with E-state index >= 15 is 0 Å². The third-order valence-electron chi connectivity index (χ3n) is 1.98. The van der Waals surface area contributed by atoms with E-state index in [9.17, 15) is 0 Å². The fraction of sp³-hybridized carbons (Fsp3) is 0.125. The zero-order chi connectivity index (χ0) is 11.0. The van der Waals surface area contributed by atoms with Gasteiger partial charge < -0.3 is 0 Å². The van der Waals surface area contributed by atoms with Crippen LogP contribution in [0.2, 0.25) is 0 Å². The lowest BCUT2D eigenvalue weighted by atomic mass is 10.1. The summed E-state index contributed by atoms with van der Waals surface area (Å²) in [5.74, 6) is 0.717. The van der Waals surface area contributed by atoms with Crippen LogP contribution >= 0.6 is 0 Å². The van der Waals surface area contributed by atoms with Gasteiger partial charge in [0.25, 0.3) is 0 Å². The van der Waals surface area contributed by atoms with Gasteiger partial charge in [-0.05, 0) is 6.92 Å². The molecule has 0 amide bonds. The van der Waals surface area contributed by atoms with Crippen LogP contribution in [0.5, 0.6) is 0 Å². The first-order chi connectivity index (χ1) is 7.81. The first-order valence-corrected chi connectivity index (χ1v) is 7.40. The maximum atomic E-state index is 4.37. The van der Waals surface area contributed by atoms with Crippen molar-refractivity contribution in [2.24, 2.45) is 20.1 Å². The van der Waals surface area contributed by atoms with Crippen molar-refractivity contribution >= 4 is 39.3 Å². The molecule has 0 N–H and O–H groups in total. The fourth-order valence-electron chi connectivity index (χ4n) is 1.21. The van der Waals surface area contributed by atoms with Gasteiger partial charge in [-0.1, -0.05) is 29.8 Å². The van der Waals surface area contributed by atoms with Crippen LogP contribution in [0.15, 0.2) is 44.3 Å². The highest BCUT2D eigenvalue weighted by Gasteiger charge is 2.12. The lowest BCUT2D eigenvalue weighted by Gasteiger charge is -2.07. The highest BCUT2D eigenvalue weighted by molar-refractivity contribution is 8.02. The highest BCUT2D eigenvalue weighted by Crippen LogP contribution is 2.16.